The van der Waals surface area contributed by atoms with Gasteiger partial charge in [0.1, 0.15) is 78.5 Å². The molecule has 0 saturated heterocycles. The van der Waals surface area contributed by atoms with E-state index in [9.17, 15) is 0 Å². The summed E-state index contributed by atoms with van der Waals surface area (Å²) in [6, 6.07) is 13.0. The van der Waals surface area contributed by atoms with Crippen molar-refractivity contribution in [3.8, 4) is 22.6 Å². The molecule has 0 aliphatic rings. The molecule has 162 valence electrons. The summed E-state index contributed by atoms with van der Waals surface area (Å²) in [5.41, 5.74) is 17.7. The van der Waals surface area contributed by atoms with Crippen molar-refractivity contribution in [1.29, 1.82) is 0 Å². The molecule has 12 heteroatoms. The van der Waals surface area contributed by atoms with E-state index in [1.165, 1.54) is 76.5 Å². The topological polar surface area (TPSA) is 25.8 Å². The highest BCUT2D eigenvalue weighted by atomic mass is 14.9. The fourth-order valence-corrected chi connectivity index (χ4v) is 5.86. The van der Waals surface area contributed by atoms with Gasteiger partial charge in [0.15, 0.2) is 5.82 Å². The number of fused-ring (bicyclic) bond motifs is 3. The highest BCUT2D eigenvalue weighted by Crippen LogP contribution is 2.31. The molecule has 0 bridgehead atoms. The first kappa shape index (κ1) is 24.8. The molecule has 0 N–H and O–H groups in total. The number of hydrogen-bond donors (Lipinski definition) is 0. The molecule has 5 aromatic rings. The Labute approximate surface area is 223 Å². The molecule has 36 heavy (non-hydrogen) atoms. The van der Waals surface area contributed by atoms with Crippen LogP contribution in [0.1, 0.15) is 0 Å². The molecule has 2 nitrogen and oxygen atoms in total. The fraction of sp³-hybridized carbons (Fsp3) is 0. The van der Waals surface area contributed by atoms with E-state index in [2.05, 4.69) is 115 Å². The van der Waals surface area contributed by atoms with E-state index in [1.54, 1.807) is 0 Å². The second-order valence-corrected chi connectivity index (χ2v) is 10.6. The van der Waals surface area contributed by atoms with E-state index in [0.29, 0.717) is 0 Å². The van der Waals surface area contributed by atoms with Crippen molar-refractivity contribution in [3.05, 3.63) is 36.4 Å². The van der Waals surface area contributed by atoms with Gasteiger partial charge in [-0.2, -0.15) is 0 Å². The largest absolute Gasteiger partial charge is 0.227 e. The van der Waals surface area contributed by atoms with E-state index < -0.39 is 0 Å². The van der Waals surface area contributed by atoms with Gasteiger partial charge in [-0.15, -0.1) is 32.8 Å². The van der Waals surface area contributed by atoms with Crippen LogP contribution in [0.3, 0.4) is 0 Å². The van der Waals surface area contributed by atoms with Gasteiger partial charge < -0.3 is 0 Å². The summed E-state index contributed by atoms with van der Waals surface area (Å²) in [7, 11) is 22.3. The maximum atomic E-state index is 5.40. The van der Waals surface area contributed by atoms with E-state index >= 15 is 0 Å². The normalized spacial score (nSPS) is 11.3. The molecule has 1 heterocycles. The van der Waals surface area contributed by atoms with Gasteiger partial charge in [-0.3, -0.25) is 0 Å². The minimum absolute atomic E-state index is 0.824. The predicted molar refractivity (Wildman–Crippen MR) is 190 cm³/mol. The maximum absolute atomic E-state index is 5.40. The molecule has 1 aromatic heterocycles. The van der Waals surface area contributed by atoms with Crippen molar-refractivity contribution >= 4 is 155 Å². The Hall–Kier alpha value is -2.87. The summed E-state index contributed by atoms with van der Waals surface area (Å²) in [4.78, 5) is 10.7. The van der Waals surface area contributed by atoms with Crippen LogP contribution in [-0.2, 0) is 0 Å². The van der Waals surface area contributed by atoms with Gasteiger partial charge in [-0.05, 0) is 17.0 Å². The van der Waals surface area contributed by atoms with Crippen LogP contribution in [0, 0.1) is 0 Å². The Morgan fingerprint density at radius 1 is 0.417 bits per heavy atom. The van der Waals surface area contributed by atoms with E-state index in [0.717, 1.165) is 22.4 Å². The average molecular weight is 451 g/mol. The molecular weight excluding hydrogens is 424 g/mol. The van der Waals surface area contributed by atoms with Crippen LogP contribution in [0.15, 0.2) is 36.4 Å². The lowest BCUT2D eigenvalue weighted by Crippen LogP contribution is -2.55. The monoisotopic (exact) mass is 452 g/mol. The molecule has 0 aliphatic carbocycles. The molecule has 0 aliphatic heterocycles. The highest BCUT2D eigenvalue weighted by molar-refractivity contribution is 6.70. The first-order valence-electron chi connectivity index (χ1n) is 12.9. The SMILES string of the molecule is Bc1c(B)c(B)c(-c2nc(-c3c(B)c(B)c(B)c(B)c3B)c3ccc4ccccc4c3n2)c(B)c1B. The first-order chi connectivity index (χ1) is 17.0. The summed E-state index contributed by atoms with van der Waals surface area (Å²) < 4.78 is 0. The smallest absolute Gasteiger partial charge is 0.159 e. The minimum Gasteiger partial charge on any atom is -0.227 e. The van der Waals surface area contributed by atoms with E-state index in [-0.39, 0.29) is 0 Å². The van der Waals surface area contributed by atoms with Crippen molar-refractivity contribution in [2.24, 2.45) is 0 Å². The minimum atomic E-state index is 0.824. The van der Waals surface area contributed by atoms with Crippen molar-refractivity contribution in [3.63, 3.8) is 0 Å². The molecule has 0 radical (unpaired) electrons. The summed E-state index contributed by atoms with van der Waals surface area (Å²) in [5.74, 6) is 0.824. The lowest BCUT2D eigenvalue weighted by molar-refractivity contribution is 1.25. The second-order valence-electron chi connectivity index (χ2n) is 10.6. The Bertz CT molecular complexity index is 1690. The van der Waals surface area contributed by atoms with Crippen LogP contribution in [-0.4, -0.2) is 88.4 Å². The average Bonchev–Trinajstić information content (AvgIpc) is 2.88. The third-order valence-corrected chi connectivity index (χ3v) is 9.05. The predicted octanol–water partition coefficient (Wildman–Crippen LogP) is -11.3. The van der Waals surface area contributed by atoms with Crippen LogP contribution in [0.5, 0.6) is 0 Å². The van der Waals surface area contributed by atoms with Crippen LogP contribution in [0.4, 0.5) is 0 Å². The lowest BCUT2D eigenvalue weighted by Gasteiger charge is -2.23. The first-order valence-corrected chi connectivity index (χ1v) is 12.9. The molecule has 0 amide bonds. The van der Waals surface area contributed by atoms with Gasteiger partial charge in [-0.25, -0.2) is 9.97 Å². The molecule has 0 fully saturated rings. The van der Waals surface area contributed by atoms with Crippen molar-refractivity contribution in [2.75, 3.05) is 0 Å². The number of nitrogens with zero attached hydrogens (tertiary/aromatic N) is 2. The van der Waals surface area contributed by atoms with Gasteiger partial charge in [0.25, 0.3) is 0 Å². The zero-order valence-corrected chi connectivity index (χ0v) is 23.4. The van der Waals surface area contributed by atoms with Crippen LogP contribution < -0.4 is 54.6 Å². The standard InChI is InChI=1S/C24H26B10N2/c25-12-10(13(26)17(30)20(33)16(12)29)23-9-6-5-7-3-1-2-4-8(7)22(9)35-24(36-23)11-14(27)18(31)21(34)19(32)15(11)28/h1-6H,25-34H2. The molecule has 0 unspecified atom stereocenters. The Morgan fingerprint density at radius 2 is 0.889 bits per heavy atom. The van der Waals surface area contributed by atoms with Crippen LogP contribution in [0.25, 0.3) is 44.3 Å². The van der Waals surface area contributed by atoms with Gasteiger partial charge in [0, 0.05) is 16.3 Å². The van der Waals surface area contributed by atoms with Gasteiger partial charge in [0.05, 0.1) is 11.2 Å². The molecule has 0 spiro atoms. The Kier molecular flexibility index (Phi) is 6.14. The number of benzene rings is 4. The molecule has 4 aromatic carbocycles. The quantitative estimate of drug-likeness (QED) is 0.197. The molecule has 0 atom stereocenters. The number of aromatic nitrogens is 2. The maximum Gasteiger partial charge on any atom is 0.159 e. The Balaban J connectivity index is 2.01. The van der Waals surface area contributed by atoms with Crippen molar-refractivity contribution in [2.45, 2.75) is 0 Å². The van der Waals surface area contributed by atoms with Gasteiger partial charge >= 0.3 is 0 Å². The van der Waals surface area contributed by atoms with Gasteiger partial charge in [-0.1, -0.05) is 52.2 Å². The summed E-state index contributed by atoms with van der Waals surface area (Å²) in [5, 5.41) is 3.49. The molecule has 0 saturated carbocycles. The molecule has 5 rings (SSSR count). The van der Waals surface area contributed by atoms with Crippen molar-refractivity contribution < 1.29 is 0 Å². The van der Waals surface area contributed by atoms with Crippen molar-refractivity contribution in [1.82, 2.24) is 9.97 Å². The zero-order valence-electron chi connectivity index (χ0n) is 23.4. The van der Waals surface area contributed by atoms with E-state index in [4.69, 9.17) is 9.97 Å². The van der Waals surface area contributed by atoms with Gasteiger partial charge in [0.2, 0.25) is 0 Å². The summed E-state index contributed by atoms with van der Waals surface area (Å²) in [6.45, 7) is 0. The lowest BCUT2D eigenvalue weighted by atomic mass is 9.60. The third kappa shape index (κ3) is 3.56. The molecular formula is C24H26B10N2. The summed E-state index contributed by atoms with van der Waals surface area (Å²) >= 11 is 0. The van der Waals surface area contributed by atoms with E-state index in [1.807, 2.05) is 0 Å². The second kappa shape index (κ2) is 8.91. The fourth-order valence-electron chi connectivity index (χ4n) is 5.86. The number of rotatable bonds is 2. The van der Waals surface area contributed by atoms with Crippen LogP contribution in [0.2, 0.25) is 0 Å². The zero-order chi connectivity index (χ0) is 26.0. The number of hydrogen-bond acceptors (Lipinski definition) is 2. The summed E-state index contributed by atoms with van der Waals surface area (Å²) in [6.07, 6.45) is 0. The van der Waals surface area contributed by atoms with Crippen LogP contribution >= 0.6 is 0 Å². The highest BCUT2D eigenvalue weighted by Gasteiger charge is 2.21. The third-order valence-electron chi connectivity index (χ3n) is 9.05. The Morgan fingerprint density at radius 3 is 1.44 bits per heavy atom.